The Morgan fingerprint density at radius 2 is 2.15 bits per heavy atom. The second-order valence-electron chi connectivity index (χ2n) is 4.05. The Morgan fingerprint density at radius 3 is 2.85 bits per heavy atom. The Labute approximate surface area is 116 Å². The van der Waals surface area contributed by atoms with Crippen LogP contribution in [0.2, 0.25) is 0 Å². The molecule has 0 fully saturated rings. The lowest BCUT2D eigenvalue weighted by molar-refractivity contribution is 0.373. The topological polar surface area (TPSA) is 106 Å². The molecule has 7 heteroatoms. The number of nitrogens with two attached hydrogens (primary N) is 1. The van der Waals surface area contributed by atoms with E-state index >= 15 is 0 Å². The summed E-state index contributed by atoms with van der Waals surface area (Å²) in [6, 6.07) is 6.64. The van der Waals surface area contributed by atoms with Crippen molar-refractivity contribution in [3.05, 3.63) is 35.5 Å². The summed E-state index contributed by atoms with van der Waals surface area (Å²) in [5, 5.41) is 13.5. The summed E-state index contributed by atoms with van der Waals surface area (Å²) in [5.74, 6) is 1.17. The molecule has 1 aromatic heterocycles. The summed E-state index contributed by atoms with van der Waals surface area (Å²) in [5.41, 5.74) is 9.82. The number of aromatic hydroxyl groups is 1. The molecule has 0 amide bonds. The van der Waals surface area contributed by atoms with Crippen molar-refractivity contribution in [3.8, 4) is 11.5 Å². The van der Waals surface area contributed by atoms with Crippen LogP contribution in [0.25, 0.3) is 0 Å². The normalized spacial score (nSPS) is 10.7. The number of aromatic nitrogens is 2. The van der Waals surface area contributed by atoms with E-state index in [4.69, 9.17) is 10.5 Å². The van der Waals surface area contributed by atoms with E-state index in [2.05, 4.69) is 20.5 Å². The predicted molar refractivity (Wildman–Crippen MR) is 77.1 cm³/mol. The van der Waals surface area contributed by atoms with Crippen LogP contribution in [0.5, 0.6) is 11.5 Å². The molecule has 0 atom stereocenters. The predicted octanol–water partition coefficient (Wildman–Crippen LogP) is 1.53. The van der Waals surface area contributed by atoms with E-state index in [9.17, 15) is 5.11 Å². The van der Waals surface area contributed by atoms with Gasteiger partial charge in [0, 0.05) is 11.8 Å². The minimum Gasteiger partial charge on any atom is -0.504 e. The first-order valence-electron chi connectivity index (χ1n) is 5.85. The first-order valence-corrected chi connectivity index (χ1v) is 5.85. The number of phenolic OH excluding ortho intramolecular Hbond substituents is 1. The maximum Gasteiger partial charge on any atom is 0.222 e. The molecule has 0 unspecified atom stereocenters. The molecule has 0 saturated carbocycles. The summed E-state index contributed by atoms with van der Waals surface area (Å²) in [7, 11) is 1.49. The van der Waals surface area contributed by atoms with Crippen LogP contribution in [-0.2, 0) is 0 Å². The van der Waals surface area contributed by atoms with Gasteiger partial charge in [0.1, 0.15) is 0 Å². The lowest BCUT2D eigenvalue weighted by atomic mass is 10.2. The molecule has 4 N–H and O–H groups in total. The van der Waals surface area contributed by atoms with E-state index in [1.165, 1.54) is 13.2 Å². The first-order chi connectivity index (χ1) is 9.58. The number of benzene rings is 1. The van der Waals surface area contributed by atoms with Gasteiger partial charge in [0.25, 0.3) is 0 Å². The number of methoxy groups -OCH3 is 1. The van der Waals surface area contributed by atoms with Gasteiger partial charge < -0.3 is 15.6 Å². The summed E-state index contributed by atoms with van der Waals surface area (Å²) in [6.07, 6.45) is 1.58. The number of aryl methyl sites for hydroxylation is 1. The molecule has 104 valence electrons. The van der Waals surface area contributed by atoms with Gasteiger partial charge in [-0.15, -0.1) is 0 Å². The first kappa shape index (κ1) is 13.6. The number of nitrogens with one attached hydrogen (secondary N) is 1. The van der Waals surface area contributed by atoms with Crippen LogP contribution < -0.4 is 15.9 Å². The molecule has 7 nitrogen and oxygen atoms in total. The van der Waals surface area contributed by atoms with Gasteiger partial charge in [0.15, 0.2) is 17.3 Å². The zero-order valence-corrected chi connectivity index (χ0v) is 11.2. The van der Waals surface area contributed by atoms with Crippen molar-refractivity contribution in [2.75, 3.05) is 18.3 Å². The van der Waals surface area contributed by atoms with Gasteiger partial charge in [-0.1, -0.05) is 0 Å². The van der Waals surface area contributed by atoms with Crippen LogP contribution >= 0.6 is 0 Å². The van der Waals surface area contributed by atoms with Crippen LogP contribution in [-0.4, -0.2) is 28.4 Å². The lowest BCUT2D eigenvalue weighted by Gasteiger charge is -2.04. The third-order valence-electron chi connectivity index (χ3n) is 2.47. The summed E-state index contributed by atoms with van der Waals surface area (Å²) in [4.78, 5) is 7.95. The molecule has 0 aliphatic carbocycles. The van der Waals surface area contributed by atoms with Crippen LogP contribution in [0.15, 0.2) is 29.4 Å². The zero-order chi connectivity index (χ0) is 14.5. The van der Waals surface area contributed by atoms with E-state index < -0.39 is 0 Å². The van der Waals surface area contributed by atoms with Crippen molar-refractivity contribution in [1.29, 1.82) is 0 Å². The summed E-state index contributed by atoms with van der Waals surface area (Å²) in [6.45, 7) is 1.82. The Hall–Kier alpha value is -2.83. The maximum absolute atomic E-state index is 9.48. The van der Waals surface area contributed by atoms with Gasteiger partial charge in [0.05, 0.1) is 13.3 Å². The molecule has 0 radical (unpaired) electrons. The lowest BCUT2D eigenvalue weighted by Crippen LogP contribution is -2.01. The molecule has 2 rings (SSSR count). The van der Waals surface area contributed by atoms with E-state index in [-0.39, 0.29) is 11.7 Å². The highest BCUT2D eigenvalue weighted by atomic mass is 16.5. The molecule has 20 heavy (non-hydrogen) atoms. The van der Waals surface area contributed by atoms with Gasteiger partial charge in [0.2, 0.25) is 5.95 Å². The van der Waals surface area contributed by atoms with Crippen molar-refractivity contribution in [3.63, 3.8) is 0 Å². The quantitative estimate of drug-likeness (QED) is 0.576. The number of hydrogen-bond acceptors (Lipinski definition) is 7. The van der Waals surface area contributed by atoms with Gasteiger partial charge in [-0.3, -0.25) is 5.43 Å². The number of phenols is 1. The van der Waals surface area contributed by atoms with Crippen molar-refractivity contribution >= 4 is 18.0 Å². The molecule has 0 bridgehead atoms. The molecule has 1 heterocycles. The molecule has 2 aromatic rings. The van der Waals surface area contributed by atoms with Crippen LogP contribution in [0, 0.1) is 6.92 Å². The fourth-order valence-electron chi connectivity index (χ4n) is 1.60. The molecule has 0 saturated heterocycles. The molecule has 0 aliphatic rings. The number of hydrazone groups is 1. The van der Waals surface area contributed by atoms with E-state index in [1.807, 2.05) is 6.92 Å². The minimum absolute atomic E-state index is 0.0804. The molecule has 0 spiro atoms. The largest absolute Gasteiger partial charge is 0.504 e. The SMILES string of the molecule is COc1cc(/C=N/Nc2cc(C)nc(N)n2)ccc1O. The van der Waals surface area contributed by atoms with Crippen LogP contribution in [0.1, 0.15) is 11.3 Å². The van der Waals surface area contributed by atoms with Crippen LogP contribution in [0.4, 0.5) is 11.8 Å². The Morgan fingerprint density at radius 1 is 1.35 bits per heavy atom. The fourth-order valence-corrected chi connectivity index (χ4v) is 1.60. The molecule has 0 aliphatic heterocycles. The highest BCUT2D eigenvalue weighted by Crippen LogP contribution is 2.25. The van der Waals surface area contributed by atoms with Gasteiger partial charge in [-0.2, -0.15) is 10.1 Å². The highest BCUT2D eigenvalue weighted by molar-refractivity contribution is 5.81. The Kier molecular flexibility index (Phi) is 3.99. The smallest absolute Gasteiger partial charge is 0.222 e. The monoisotopic (exact) mass is 273 g/mol. The van der Waals surface area contributed by atoms with Crippen LogP contribution in [0.3, 0.4) is 0 Å². The number of ether oxygens (including phenoxy) is 1. The fraction of sp³-hybridized carbons (Fsp3) is 0.154. The van der Waals surface area contributed by atoms with Crippen molar-refractivity contribution < 1.29 is 9.84 Å². The van der Waals surface area contributed by atoms with Crippen molar-refractivity contribution in [2.45, 2.75) is 6.92 Å². The van der Waals surface area contributed by atoms with E-state index in [1.54, 1.807) is 24.4 Å². The minimum atomic E-state index is 0.0804. The number of hydrogen-bond donors (Lipinski definition) is 3. The number of nitrogen functional groups attached to an aromatic ring is 1. The highest BCUT2D eigenvalue weighted by Gasteiger charge is 2.01. The summed E-state index contributed by atoms with van der Waals surface area (Å²) < 4.78 is 5.01. The van der Waals surface area contributed by atoms with E-state index in [0.717, 1.165) is 11.3 Å². The van der Waals surface area contributed by atoms with E-state index in [0.29, 0.717) is 11.6 Å². The van der Waals surface area contributed by atoms with Gasteiger partial charge >= 0.3 is 0 Å². The third-order valence-corrected chi connectivity index (χ3v) is 2.47. The molecular formula is C13H15N5O2. The standard InChI is InChI=1S/C13H15N5O2/c1-8-5-12(17-13(14)16-8)18-15-7-9-3-4-10(19)11(6-9)20-2/h3-7,19H,1-2H3,(H3,14,16,17,18)/b15-7+. The third kappa shape index (κ3) is 3.35. The second-order valence-corrected chi connectivity index (χ2v) is 4.05. The van der Waals surface area contributed by atoms with Crippen molar-refractivity contribution in [1.82, 2.24) is 9.97 Å². The average Bonchev–Trinajstić information content (AvgIpc) is 2.39. The average molecular weight is 273 g/mol. The van der Waals surface area contributed by atoms with Gasteiger partial charge in [-0.25, -0.2) is 4.98 Å². The molecule has 1 aromatic carbocycles. The Bertz CT molecular complexity index is 622. The second kappa shape index (κ2) is 5.87. The van der Waals surface area contributed by atoms with Gasteiger partial charge in [-0.05, 0) is 30.7 Å². The van der Waals surface area contributed by atoms with Crippen molar-refractivity contribution in [2.24, 2.45) is 5.10 Å². The molecular weight excluding hydrogens is 258 g/mol. The number of rotatable bonds is 4. The number of nitrogens with zero attached hydrogens (tertiary/aromatic N) is 3. The maximum atomic E-state index is 9.48. The number of anilines is 2. The Balaban J connectivity index is 2.10. The zero-order valence-electron chi connectivity index (χ0n) is 11.2. The summed E-state index contributed by atoms with van der Waals surface area (Å²) >= 11 is 0.